The second-order valence-electron chi connectivity index (χ2n) is 3.44. The van der Waals surface area contributed by atoms with E-state index in [9.17, 15) is 0 Å². The van der Waals surface area contributed by atoms with Crippen LogP contribution in [-0.4, -0.2) is 12.1 Å². The fourth-order valence-corrected chi connectivity index (χ4v) is 1.72. The summed E-state index contributed by atoms with van der Waals surface area (Å²) in [5.74, 6) is 0.850. The average Bonchev–Trinajstić information content (AvgIpc) is 2.38. The van der Waals surface area contributed by atoms with E-state index in [2.05, 4.69) is 4.98 Å². The van der Waals surface area contributed by atoms with Crippen LogP contribution in [0.5, 0.6) is 5.75 Å². The molecule has 5 heteroatoms. The van der Waals surface area contributed by atoms with Crippen LogP contribution >= 0.6 is 24.8 Å². The predicted molar refractivity (Wildman–Crippen MR) is 78.6 cm³/mol. The van der Waals surface area contributed by atoms with Crippen LogP contribution in [-0.2, 0) is 6.54 Å². The average molecular weight is 287 g/mol. The van der Waals surface area contributed by atoms with Crippen molar-refractivity contribution in [1.82, 2.24) is 4.98 Å². The summed E-state index contributed by atoms with van der Waals surface area (Å²) in [7, 11) is 1.67. The number of ether oxygens (including phenoxy) is 1. The largest absolute Gasteiger partial charge is 0.496 e. The maximum Gasteiger partial charge on any atom is 0.126 e. The molecule has 3 nitrogen and oxygen atoms in total. The number of aromatic nitrogens is 1. The third-order valence-corrected chi connectivity index (χ3v) is 2.52. The van der Waals surface area contributed by atoms with Crippen molar-refractivity contribution in [3.05, 3.63) is 48.3 Å². The predicted octanol–water partition coefficient (Wildman–Crippen LogP) is 3.06. The highest BCUT2D eigenvalue weighted by atomic mass is 35.5. The van der Waals surface area contributed by atoms with Crippen molar-refractivity contribution in [2.24, 2.45) is 5.73 Å². The van der Waals surface area contributed by atoms with Gasteiger partial charge >= 0.3 is 0 Å². The lowest BCUT2D eigenvalue weighted by Crippen LogP contribution is -2.00. The maximum absolute atomic E-state index is 5.70. The van der Waals surface area contributed by atoms with Gasteiger partial charge in [-0.15, -0.1) is 24.8 Å². The van der Waals surface area contributed by atoms with Gasteiger partial charge in [-0.25, -0.2) is 0 Å². The van der Waals surface area contributed by atoms with Gasteiger partial charge in [0.05, 0.1) is 7.11 Å². The molecule has 2 aromatic rings. The van der Waals surface area contributed by atoms with E-state index in [0.29, 0.717) is 6.54 Å². The maximum atomic E-state index is 5.70. The first-order valence-electron chi connectivity index (χ1n) is 5.13. The molecule has 0 unspecified atom stereocenters. The lowest BCUT2D eigenvalue weighted by Gasteiger charge is -2.11. The summed E-state index contributed by atoms with van der Waals surface area (Å²) in [5, 5.41) is 0. The van der Waals surface area contributed by atoms with Crippen LogP contribution < -0.4 is 10.5 Å². The van der Waals surface area contributed by atoms with Crippen molar-refractivity contribution in [2.75, 3.05) is 7.11 Å². The third-order valence-electron chi connectivity index (χ3n) is 2.52. The van der Waals surface area contributed by atoms with Crippen molar-refractivity contribution >= 4 is 24.8 Å². The Hall–Kier alpha value is -1.29. The van der Waals surface area contributed by atoms with Crippen LogP contribution in [0, 0.1) is 0 Å². The van der Waals surface area contributed by atoms with Crippen LogP contribution in [0.15, 0.2) is 42.7 Å². The van der Waals surface area contributed by atoms with E-state index in [0.717, 1.165) is 22.4 Å². The highest BCUT2D eigenvalue weighted by Gasteiger charge is 2.08. The molecule has 0 amide bonds. The zero-order chi connectivity index (χ0) is 11.4. The molecule has 0 aliphatic carbocycles. The molecule has 2 N–H and O–H groups in total. The Labute approximate surface area is 119 Å². The number of rotatable bonds is 3. The number of nitrogens with two attached hydrogens (primary N) is 1. The molecule has 0 aliphatic heterocycles. The summed E-state index contributed by atoms with van der Waals surface area (Å²) in [5.41, 5.74) is 8.85. The van der Waals surface area contributed by atoms with E-state index < -0.39 is 0 Å². The van der Waals surface area contributed by atoms with Gasteiger partial charge in [0, 0.05) is 24.5 Å². The number of methoxy groups -OCH3 is 1. The molecule has 0 atom stereocenters. The number of nitrogens with zero attached hydrogens (tertiary/aromatic N) is 1. The Bertz CT molecular complexity index is 446. The van der Waals surface area contributed by atoms with E-state index in [4.69, 9.17) is 10.5 Å². The second kappa shape index (κ2) is 7.93. The van der Waals surface area contributed by atoms with Crippen molar-refractivity contribution in [1.29, 1.82) is 0 Å². The lowest BCUT2D eigenvalue weighted by atomic mass is 10.0. The Balaban J connectivity index is 0.00000144. The zero-order valence-corrected chi connectivity index (χ0v) is 11.6. The molecule has 0 fully saturated rings. The highest BCUT2D eigenvalue weighted by molar-refractivity contribution is 5.85. The molecule has 1 heterocycles. The highest BCUT2D eigenvalue weighted by Crippen LogP contribution is 2.31. The van der Waals surface area contributed by atoms with Gasteiger partial charge in [0.15, 0.2) is 0 Å². The molecule has 0 aliphatic rings. The van der Waals surface area contributed by atoms with Crippen LogP contribution in [0.3, 0.4) is 0 Å². The van der Waals surface area contributed by atoms with Gasteiger partial charge in [0.25, 0.3) is 0 Å². The van der Waals surface area contributed by atoms with E-state index in [1.165, 1.54) is 0 Å². The Morgan fingerprint density at radius 3 is 2.50 bits per heavy atom. The Morgan fingerprint density at radius 1 is 1.11 bits per heavy atom. The van der Waals surface area contributed by atoms with E-state index >= 15 is 0 Å². The Kier molecular flexibility index (Phi) is 7.36. The molecule has 0 radical (unpaired) electrons. The molecule has 0 bridgehead atoms. The second-order valence-corrected chi connectivity index (χ2v) is 3.44. The van der Waals surface area contributed by atoms with Crippen molar-refractivity contribution in [3.63, 3.8) is 0 Å². The van der Waals surface area contributed by atoms with Gasteiger partial charge in [-0.2, -0.15) is 0 Å². The summed E-state index contributed by atoms with van der Waals surface area (Å²) in [6.07, 6.45) is 3.56. The van der Waals surface area contributed by atoms with Gasteiger partial charge in [0.2, 0.25) is 0 Å². The SMILES string of the molecule is COc1ccccc1-c1ccncc1CN.Cl.Cl. The van der Waals surface area contributed by atoms with Crippen LogP contribution in [0.4, 0.5) is 0 Å². The number of pyridine rings is 1. The van der Waals surface area contributed by atoms with Crippen molar-refractivity contribution in [3.8, 4) is 16.9 Å². The summed E-state index contributed by atoms with van der Waals surface area (Å²) >= 11 is 0. The molecular formula is C13H16Cl2N2O. The first-order chi connectivity index (χ1) is 7.86. The van der Waals surface area contributed by atoms with Crippen LogP contribution in [0.2, 0.25) is 0 Å². The van der Waals surface area contributed by atoms with Crippen LogP contribution in [0.1, 0.15) is 5.56 Å². The number of benzene rings is 1. The first kappa shape index (κ1) is 16.7. The smallest absolute Gasteiger partial charge is 0.126 e. The van der Waals surface area contributed by atoms with E-state index in [-0.39, 0.29) is 24.8 Å². The zero-order valence-electron chi connectivity index (χ0n) is 10.00. The van der Waals surface area contributed by atoms with Crippen molar-refractivity contribution < 1.29 is 4.74 Å². The molecule has 0 saturated heterocycles. The van der Waals surface area contributed by atoms with Gasteiger partial charge in [-0.3, -0.25) is 4.98 Å². The molecule has 2 rings (SSSR count). The Morgan fingerprint density at radius 2 is 1.83 bits per heavy atom. The van der Waals surface area contributed by atoms with Crippen molar-refractivity contribution in [2.45, 2.75) is 6.54 Å². The fourth-order valence-electron chi connectivity index (χ4n) is 1.72. The van der Waals surface area contributed by atoms with E-state index in [1.54, 1.807) is 19.5 Å². The fraction of sp³-hybridized carbons (Fsp3) is 0.154. The molecule has 0 saturated carbocycles. The molecule has 98 valence electrons. The summed E-state index contributed by atoms with van der Waals surface area (Å²) in [4.78, 5) is 4.08. The lowest BCUT2D eigenvalue weighted by molar-refractivity contribution is 0.416. The summed E-state index contributed by atoms with van der Waals surface area (Å²) in [6.45, 7) is 0.473. The summed E-state index contributed by atoms with van der Waals surface area (Å²) < 4.78 is 5.34. The van der Waals surface area contributed by atoms with Gasteiger partial charge in [-0.05, 0) is 23.3 Å². The topological polar surface area (TPSA) is 48.1 Å². The summed E-state index contributed by atoms with van der Waals surface area (Å²) in [6, 6.07) is 9.85. The third kappa shape index (κ3) is 3.35. The van der Waals surface area contributed by atoms with Gasteiger partial charge in [0.1, 0.15) is 5.75 Å². The monoisotopic (exact) mass is 286 g/mol. The number of para-hydroxylation sites is 1. The standard InChI is InChI=1S/C13H14N2O.2ClH/c1-16-13-5-3-2-4-12(13)11-6-7-15-9-10(11)8-14;;/h2-7,9H,8,14H2,1H3;2*1H. The normalized spacial score (nSPS) is 9.00. The molecule has 1 aromatic heterocycles. The minimum atomic E-state index is 0. The number of hydrogen-bond donors (Lipinski definition) is 1. The van der Waals surface area contributed by atoms with Gasteiger partial charge < -0.3 is 10.5 Å². The molecule has 0 spiro atoms. The number of hydrogen-bond acceptors (Lipinski definition) is 3. The molecular weight excluding hydrogens is 271 g/mol. The number of halogens is 2. The minimum Gasteiger partial charge on any atom is -0.496 e. The van der Waals surface area contributed by atoms with Gasteiger partial charge in [-0.1, -0.05) is 18.2 Å². The minimum absolute atomic E-state index is 0. The molecule has 18 heavy (non-hydrogen) atoms. The quantitative estimate of drug-likeness (QED) is 0.943. The molecule has 1 aromatic carbocycles. The van der Waals surface area contributed by atoms with E-state index in [1.807, 2.05) is 30.3 Å². The van der Waals surface area contributed by atoms with Crippen LogP contribution in [0.25, 0.3) is 11.1 Å². The first-order valence-corrected chi connectivity index (χ1v) is 5.13.